The summed E-state index contributed by atoms with van der Waals surface area (Å²) < 4.78 is 7.98. The number of carboxylic acid groups (broad SMARTS) is 1. The number of carbonyl (C=O) groups excluding carboxylic acids is 1. The quantitative estimate of drug-likeness (QED) is 0.822. The zero-order chi connectivity index (χ0) is 16.2. The van der Waals surface area contributed by atoms with E-state index in [1.165, 1.54) is 5.56 Å². The number of carbonyl (C=O) groups is 1. The predicted octanol–water partition coefficient (Wildman–Crippen LogP) is 2.33. The lowest BCUT2D eigenvalue weighted by molar-refractivity contribution is -0.305. The smallest absolute Gasteiger partial charge is 0.0754 e. The molecule has 0 radical (unpaired) electrons. The summed E-state index contributed by atoms with van der Waals surface area (Å²) in [5, 5.41) is 10.8. The highest BCUT2D eigenvalue weighted by Gasteiger charge is 2.19. The molecule has 1 aromatic heterocycles. The van der Waals surface area contributed by atoms with Crippen LogP contribution in [0.25, 0.3) is 11.3 Å². The monoisotopic (exact) mass is 312 g/mol. The molecule has 0 N–H and O–H groups in total. The van der Waals surface area contributed by atoms with Crippen molar-refractivity contribution in [1.82, 2.24) is 4.57 Å². The number of benzene rings is 1. The molecule has 4 nitrogen and oxygen atoms in total. The first-order valence-electron chi connectivity index (χ1n) is 8.20. The van der Waals surface area contributed by atoms with Crippen LogP contribution in [0.3, 0.4) is 0 Å². The van der Waals surface area contributed by atoms with Crippen molar-refractivity contribution in [3.63, 3.8) is 0 Å². The van der Waals surface area contributed by atoms with Crippen molar-refractivity contribution in [1.29, 1.82) is 0 Å². The Morgan fingerprint density at radius 2 is 2.04 bits per heavy atom. The van der Waals surface area contributed by atoms with Gasteiger partial charge in [0.15, 0.2) is 0 Å². The first kappa shape index (κ1) is 15.8. The number of aliphatic carboxylic acids is 1. The molecule has 23 heavy (non-hydrogen) atoms. The Kier molecular flexibility index (Phi) is 4.82. The van der Waals surface area contributed by atoms with E-state index >= 15 is 0 Å². The molecule has 4 heteroatoms. The van der Waals surface area contributed by atoms with Gasteiger partial charge in [0.2, 0.25) is 0 Å². The van der Waals surface area contributed by atoms with Gasteiger partial charge in [-0.3, -0.25) is 0 Å². The molecule has 2 heterocycles. The van der Waals surface area contributed by atoms with Crippen LogP contribution in [0.1, 0.15) is 30.5 Å². The van der Waals surface area contributed by atoms with Gasteiger partial charge in [-0.25, -0.2) is 0 Å². The number of aryl methyl sites for hydroxylation is 2. The lowest BCUT2D eigenvalue weighted by Gasteiger charge is -2.18. The standard InChI is InChI=1S/C19H23NO3/c1-14-4-6-15(7-5-14)18-10-8-16(9-11-19(21)22)20(18)13-17-3-2-12-23-17/h4-8,10,17H,2-3,9,11-13H2,1H3,(H,21,22)/p-1/t17-/m1/s1. The lowest BCUT2D eigenvalue weighted by Crippen LogP contribution is -2.23. The second-order valence-electron chi connectivity index (χ2n) is 6.19. The third kappa shape index (κ3) is 3.82. The Labute approximate surface area is 136 Å². The Bertz CT molecular complexity index is 666. The number of hydrogen-bond donors (Lipinski definition) is 0. The number of aromatic nitrogens is 1. The Morgan fingerprint density at radius 3 is 2.70 bits per heavy atom. The minimum absolute atomic E-state index is 0.0445. The largest absolute Gasteiger partial charge is 0.550 e. The predicted molar refractivity (Wildman–Crippen MR) is 86.9 cm³/mol. The summed E-state index contributed by atoms with van der Waals surface area (Å²) in [5.74, 6) is -1.01. The minimum Gasteiger partial charge on any atom is -0.550 e. The maximum atomic E-state index is 10.8. The number of nitrogens with zero attached hydrogens (tertiary/aromatic N) is 1. The van der Waals surface area contributed by atoms with Crippen LogP contribution in [0.2, 0.25) is 0 Å². The normalized spacial score (nSPS) is 17.5. The molecule has 1 aromatic carbocycles. The van der Waals surface area contributed by atoms with Gasteiger partial charge in [0.1, 0.15) is 0 Å². The van der Waals surface area contributed by atoms with Gasteiger partial charge in [-0.15, -0.1) is 0 Å². The third-order valence-corrected chi connectivity index (χ3v) is 4.41. The molecule has 1 fully saturated rings. The fourth-order valence-corrected chi connectivity index (χ4v) is 3.14. The van der Waals surface area contributed by atoms with E-state index in [-0.39, 0.29) is 12.5 Å². The first-order chi connectivity index (χ1) is 11.1. The van der Waals surface area contributed by atoms with Gasteiger partial charge < -0.3 is 19.2 Å². The molecule has 2 aromatic rings. The summed E-state index contributed by atoms with van der Waals surface area (Å²) in [5.41, 5.74) is 4.52. The molecule has 0 amide bonds. The van der Waals surface area contributed by atoms with E-state index in [1.807, 2.05) is 6.07 Å². The van der Waals surface area contributed by atoms with Crippen molar-refractivity contribution in [3.8, 4) is 11.3 Å². The van der Waals surface area contributed by atoms with Gasteiger partial charge in [-0.1, -0.05) is 29.8 Å². The molecule has 1 aliphatic heterocycles. The molecule has 0 spiro atoms. The fourth-order valence-electron chi connectivity index (χ4n) is 3.14. The highest BCUT2D eigenvalue weighted by atomic mass is 16.5. The molecule has 0 unspecified atom stereocenters. The van der Waals surface area contributed by atoms with Crippen molar-refractivity contribution < 1.29 is 14.6 Å². The van der Waals surface area contributed by atoms with Crippen LogP contribution < -0.4 is 5.11 Å². The number of carboxylic acids is 1. The van der Waals surface area contributed by atoms with Gasteiger partial charge in [0.05, 0.1) is 6.10 Å². The summed E-state index contributed by atoms with van der Waals surface area (Å²) in [6.07, 6.45) is 2.91. The van der Waals surface area contributed by atoms with Gasteiger partial charge in [0.25, 0.3) is 0 Å². The number of rotatable bonds is 6. The fraction of sp³-hybridized carbons (Fsp3) is 0.421. The highest BCUT2D eigenvalue weighted by molar-refractivity contribution is 5.65. The first-order valence-corrected chi connectivity index (χ1v) is 8.20. The van der Waals surface area contributed by atoms with Crippen molar-refractivity contribution in [2.45, 2.75) is 45.3 Å². The summed E-state index contributed by atoms with van der Waals surface area (Å²) in [6, 6.07) is 12.5. The molecule has 0 aliphatic carbocycles. The van der Waals surface area contributed by atoms with Gasteiger partial charge in [0, 0.05) is 30.5 Å². The van der Waals surface area contributed by atoms with E-state index in [9.17, 15) is 9.90 Å². The molecule has 1 atom stereocenters. The second-order valence-corrected chi connectivity index (χ2v) is 6.19. The van der Waals surface area contributed by atoms with Gasteiger partial charge >= 0.3 is 0 Å². The molecular formula is C19H22NO3-. The van der Waals surface area contributed by atoms with Crippen molar-refractivity contribution >= 4 is 5.97 Å². The van der Waals surface area contributed by atoms with Crippen LogP contribution in [-0.4, -0.2) is 23.2 Å². The average molecular weight is 312 g/mol. The van der Waals surface area contributed by atoms with Crippen LogP contribution in [-0.2, 0) is 22.5 Å². The Hall–Kier alpha value is -2.07. The minimum atomic E-state index is -1.01. The van der Waals surface area contributed by atoms with Gasteiger partial charge in [-0.05, 0) is 50.3 Å². The van der Waals surface area contributed by atoms with Crippen molar-refractivity contribution in [2.24, 2.45) is 0 Å². The van der Waals surface area contributed by atoms with Crippen LogP contribution in [0.5, 0.6) is 0 Å². The van der Waals surface area contributed by atoms with E-state index in [4.69, 9.17) is 4.74 Å². The van der Waals surface area contributed by atoms with E-state index in [0.717, 1.165) is 42.9 Å². The molecule has 122 valence electrons. The molecule has 3 rings (SSSR count). The zero-order valence-corrected chi connectivity index (χ0v) is 13.5. The van der Waals surface area contributed by atoms with E-state index < -0.39 is 5.97 Å². The summed E-state index contributed by atoms with van der Waals surface area (Å²) in [7, 11) is 0. The molecule has 1 saturated heterocycles. The van der Waals surface area contributed by atoms with E-state index in [0.29, 0.717) is 6.42 Å². The Balaban J connectivity index is 1.90. The van der Waals surface area contributed by atoms with Crippen LogP contribution in [0.15, 0.2) is 36.4 Å². The second kappa shape index (κ2) is 7.01. The lowest BCUT2D eigenvalue weighted by atomic mass is 10.1. The topological polar surface area (TPSA) is 54.3 Å². The molecule has 0 bridgehead atoms. The SMILES string of the molecule is Cc1ccc(-c2ccc(CCC(=O)[O-])n2C[C@H]2CCCO2)cc1. The van der Waals surface area contributed by atoms with Crippen molar-refractivity contribution in [2.75, 3.05) is 6.61 Å². The molecular weight excluding hydrogens is 290 g/mol. The highest BCUT2D eigenvalue weighted by Crippen LogP contribution is 2.26. The molecule has 0 saturated carbocycles. The maximum Gasteiger partial charge on any atom is 0.0754 e. The zero-order valence-electron chi connectivity index (χ0n) is 13.5. The average Bonchev–Trinajstić information content (AvgIpc) is 3.17. The van der Waals surface area contributed by atoms with Crippen molar-refractivity contribution in [3.05, 3.63) is 47.7 Å². The summed E-state index contributed by atoms with van der Waals surface area (Å²) in [6.45, 7) is 3.67. The van der Waals surface area contributed by atoms with E-state index in [1.54, 1.807) is 0 Å². The number of hydrogen-bond acceptors (Lipinski definition) is 3. The Morgan fingerprint density at radius 1 is 1.26 bits per heavy atom. The third-order valence-electron chi connectivity index (χ3n) is 4.41. The van der Waals surface area contributed by atoms with Gasteiger partial charge in [-0.2, -0.15) is 0 Å². The van der Waals surface area contributed by atoms with Crippen LogP contribution in [0.4, 0.5) is 0 Å². The molecule has 1 aliphatic rings. The van der Waals surface area contributed by atoms with Crippen LogP contribution in [0, 0.1) is 6.92 Å². The summed E-state index contributed by atoms with van der Waals surface area (Å²) >= 11 is 0. The maximum absolute atomic E-state index is 10.8. The summed E-state index contributed by atoms with van der Waals surface area (Å²) in [4.78, 5) is 10.8. The number of ether oxygens (including phenoxy) is 1. The van der Waals surface area contributed by atoms with Crippen LogP contribution >= 0.6 is 0 Å². The van der Waals surface area contributed by atoms with E-state index in [2.05, 4.69) is 41.8 Å².